The molecular formula is C14H22ClN3S. The van der Waals surface area contributed by atoms with E-state index in [9.17, 15) is 0 Å². The van der Waals surface area contributed by atoms with Crippen molar-refractivity contribution in [3.63, 3.8) is 0 Å². The number of hydrogen-bond acceptors (Lipinski definition) is 4. The van der Waals surface area contributed by atoms with Gasteiger partial charge >= 0.3 is 0 Å². The maximum atomic E-state index is 6.07. The molecule has 1 aromatic heterocycles. The van der Waals surface area contributed by atoms with Gasteiger partial charge in [0, 0.05) is 19.2 Å². The average molecular weight is 300 g/mol. The molecule has 0 N–H and O–H groups in total. The summed E-state index contributed by atoms with van der Waals surface area (Å²) in [6, 6.07) is 2.45. The summed E-state index contributed by atoms with van der Waals surface area (Å²) in [4.78, 5) is 11.0. The van der Waals surface area contributed by atoms with E-state index in [-0.39, 0.29) is 0 Å². The maximum absolute atomic E-state index is 6.07. The number of rotatable bonds is 4. The molecule has 19 heavy (non-hydrogen) atoms. The molecule has 0 atom stereocenters. The van der Waals surface area contributed by atoms with Crippen LogP contribution >= 0.6 is 23.4 Å². The average Bonchev–Trinajstić information content (AvgIpc) is 2.46. The second kappa shape index (κ2) is 6.80. The molecule has 0 aromatic carbocycles. The molecule has 0 aliphatic heterocycles. The van der Waals surface area contributed by atoms with Crippen molar-refractivity contribution in [1.82, 2.24) is 9.97 Å². The number of nitrogens with zero attached hydrogens (tertiary/aromatic N) is 3. The van der Waals surface area contributed by atoms with Crippen molar-refractivity contribution in [3.8, 4) is 0 Å². The Morgan fingerprint density at radius 2 is 2.00 bits per heavy atom. The maximum Gasteiger partial charge on any atom is 0.190 e. The Bertz CT molecular complexity index is 419. The minimum absolute atomic E-state index is 0.531. The van der Waals surface area contributed by atoms with E-state index in [0.717, 1.165) is 16.9 Å². The molecule has 0 radical (unpaired) electrons. The van der Waals surface area contributed by atoms with Crippen LogP contribution in [0.25, 0.3) is 0 Å². The fraction of sp³-hybridized carbons (Fsp3) is 0.714. The smallest absolute Gasteiger partial charge is 0.190 e. The largest absolute Gasteiger partial charge is 0.357 e. The molecule has 0 unspecified atom stereocenters. The lowest BCUT2D eigenvalue weighted by Gasteiger charge is -2.35. The molecule has 1 aromatic rings. The molecule has 1 saturated carbocycles. The molecule has 0 bridgehead atoms. The molecule has 2 rings (SSSR count). The van der Waals surface area contributed by atoms with Crippen molar-refractivity contribution in [2.45, 2.75) is 50.2 Å². The van der Waals surface area contributed by atoms with Crippen molar-refractivity contribution in [1.29, 1.82) is 0 Å². The van der Waals surface area contributed by atoms with E-state index in [2.05, 4.69) is 28.8 Å². The van der Waals surface area contributed by atoms with E-state index in [1.807, 2.05) is 12.3 Å². The fourth-order valence-electron chi connectivity index (χ4n) is 2.78. The lowest BCUT2D eigenvalue weighted by Crippen LogP contribution is -2.35. The molecule has 106 valence electrons. The van der Waals surface area contributed by atoms with E-state index in [1.165, 1.54) is 43.9 Å². The Kier molecular flexibility index (Phi) is 5.34. The summed E-state index contributed by atoms with van der Waals surface area (Å²) in [6.07, 6.45) is 8.46. The van der Waals surface area contributed by atoms with E-state index >= 15 is 0 Å². The zero-order valence-corrected chi connectivity index (χ0v) is 13.5. The molecule has 1 fully saturated rings. The predicted octanol–water partition coefficient (Wildman–Crippen LogP) is 4.26. The second-order valence-corrected chi connectivity index (χ2v) is 6.39. The minimum Gasteiger partial charge on any atom is -0.357 e. The van der Waals surface area contributed by atoms with Gasteiger partial charge in [0.1, 0.15) is 11.0 Å². The third kappa shape index (κ3) is 3.76. The fourth-order valence-corrected chi connectivity index (χ4v) is 3.39. The number of anilines is 1. The summed E-state index contributed by atoms with van der Waals surface area (Å²) in [5.41, 5.74) is 0. The highest BCUT2D eigenvalue weighted by Gasteiger charge is 2.24. The van der Waals surface area contributed by atoms with Gasteiger partial charge in [0.05, 0.1) is 0 Å². The first-order chi connectivity index (χ1) is 9.13. The Morgan fingerprint density at radius 3 is 2.58 bits per heavy atom. The second-order valence-electron chi connectivity index (χ2n) is 5.23. The van der Waals surface area contributed by atoms with Crippen LogP contribution in [0.1, 0.15) is 39.0 Å². The highest BCUT2D eigenvalue weighted by molar-refractivity contribution is 7.98. The quantitative estimate of drug-likeness (QED) is 0.472. The summed E-state index contributed by atoms with van der Waals surface area (Å²) >= 11 is 7.60. The van der Waals surface area contributed by atoms with Gasteiger partial charge in [-0.15, -0.1) is 0 Å². The molecular weight excluding hydrogens is 278 g/mol. The molecule has 5 heteroatoms. The lowest BCUT2D eigenvalue weighted by molar-refractivity contribution is 0.312. The van der Waals surface area contributed by atoms with Crippen LogP contribution < -0.4 is 4.90 Å². The summed E-state index contributed by atoms with van der Waals surface area (Å²) < 4.78 is 0. The molecule has 0 amide bonds. The number of thioether (sulfide) groups is 1. The van der Waals surface area contributed by atoms with Crippen molar-refractivity contribution < 1.29 is 0 Å². The monoisotopic (exact) mass is 299 g/mol. The van der Waals surface area contributed by atoms with Gasteiger partial charge in [-0.3, -0.25) is 0 Å². The topological polar surface area (TPSA) is 29.0 Å². The molecule has 1 heterocycles. The van der Waals surface area contributed by atoms with Crippen LogP contribution in [0.2, 0.25) is 5.15 Å². The first kappa shape index (κ1) is 14.9. The lowest BCUT2D eigenvalue weighted by atomic mass is 9.84. The van der Waals surface area contributed by atoms with E-state index < -0.39 is 0 Å². The predicted molar refractivity (Wildman–Crippen MR) is 83.3 cm³/mol. The van der Waals surface area contributed by atoms with Crippen LogP contribution in [0.15, 0.2) is 11.2 Å². The summed E-state index contributed by atoms with van der Waals surface area (Å²) in [5, 5.41) is 1.28. The number of halogens is 1. The summed E-state index contributed by atoms with van der Waals surface area (Å²) in [5.74, 6) is 1.87. The van der Waals surface area contributed by atoms with Gasteiger partial charge < -0.3 is 4.90 Å². The van der Waals surface area contributed by atoms with Gasteiger partial charge in [-0.1, -0.05) is 36.7 Å². The molecule has 0 spiro atoms. The van der Waals surface area contributed by atoms with Crippen LogP contribution in [-0.2, 0) is 0 Å². The third-order valence-electron chi connectivity index (χ3n) is 4.15. The normalized spacial score (nSPS) is 23.4. The highest BCUT2D eigenvalue weighted by atomic mass is 35.5. The van der Waals surface area contributed by atoms with E-state index in [0.29, 0.717) is 11.2 Å². The van der Waals surface area contributed by atoms with Gasteiger partial charge in [-0.05, 0) is 37.9 Å². The molecule has 0 saturated heterocycles. The number of aromatic nitrogens is 2. The SMILES string of the molecule is CCC1CCC(N(C)c2cc(Cl)nc(SC)n2)CC1. The van der Waals surface area contributed by atoms with Crippen LogP contribution in [0.5, 0.6) is 0 Å². The molecule has 1 aliphatic carbocycles. The zero-order valence-electron chi connectivity index (χ0n) is 11.9. The summed E-state index contributed by atoms with van der Waals surface area (Å²) in [7, 11) is 2.12. The van der Waals surface area contributed by atoms with Crippen LogP contribution in [0, 0.1) is 5.92 Å². The van der Waals surface area contributed by atoms with Crippen LogP contribution in [0.4, 0.5) is 5.82 Å². The Balaban J connectivity index is 2.07. The Hall–Kier alpha value is -0.480. The van der Waals surface area contributed by atoms with Crippen molar-refractivity contribution in [2.24, 2.45) is 5.92 Å². The standard InChI is InChI=1S/C14H22ClN3S/c1-4-10-5-7-11(8-6-10)18(2)13-9-12(15)16-14(17-13)19-3/h9-11H,4-8H2,1-3H3. The summed E-state index contributed by atoms with van der Waals surface area (Å²) in [6.45, 7) is 2.30. The van der Waals surface area contributed by atoms with Crippen LogP contribution in [0.3, 0.4) is 0 Å². The zero-order chi connectivity index (χ0) is 13.8. The van der Waals surface area contributed by atoms with Gasteiger partial charge in [-0.2, -0.15) is 0 Å². The number of hydrogen-bond donors (Lipinski definition) is 0. The Morgan fingerprint density at radius 1 is 1.32 bits per heavy atom. The van der Waals surface area contributed by atoms with Crippen molar-refractivity contribution in [2.75, 3.05) is 18.2 Å². The molecule has 1 aliphatic rings. The van der Waals surface area contributed by atoms with Crippen molar-refractivity contribution >= 4 is 29.2 Å². The highest BCUT2D eigenvalue weighted by Crippen LogP contribution is 2.31. The van der Waals surface area contributed by atoms with Gasteiger partial charge in [-0.25, -0.2) is 9.97 Å². The van der Waals surface area contributed by atoms with Crippen molar-refractivity contribution in [3.05, 3.63) is 11.2 Å². The van der Waals surface area contributed by atoms with Gasteiger partial charge in [0.2, 0.25) is 0 Å². The van der Waals surface area contributed by atoms with Crippen LogP contribution in [-0.4, -0.2) is 29.3 Å². The van der Waals surface area contributed by atoms with Gasteiger partial charge in [0.25, 0.3) is 0 Å². The molecule has 3 nitrogen and oxygen atoms in total. The first-order valence-electron chi connectivity index (χ1n) is 6.95. The Labute approximate surface area is 125 Å². The van der Waals surface area contributed by atoms with Gasteiger partial charge in [0.15, 0.2) is 5.16 Å². The van der Waals surface area contributed by atoms with E-state index in [4.69, 9.17) is 11.6 Å². The first-order valence-corrected chi connectivity index (χ1v) is 8.55. The minimum atomic E-state index is 0.531. The third-order valence-corrected chi connectivity index (χ3v) is 4.89. The van der Waals surface area contributed by atoms with E-state index in [1.54, 1.807) is 0 Å².